The number of aromatic nitrogens is 1. The molecule has 1 saturated carbocycles. The first kappa shape index (κ1) is 25.5. The minimum absolute atomic E-state index is 0.0542. The van der Waals surface area contributed by atoms with Crippen LogP contribution in [0.3, 0.4) is 0 Å². The van der Waals surface area contributed by atoms with Crippen LogP contribution in [0.15, 0.2) is 10.9 Å². The molecule has 1 aliphatic carbocycles. The van der Waals surface area contributed by atoms with Gasteiger partial charge in [0.1, 0.15) is 5.56 Å². The number of nitrogens with zero attached hydrogens (tertiary/aromatic N) is 3. The zero-order chi connectivity index (χ0) is 24.0. The number of aryl methyl sites for hydroxylation is 2. The number of amides is 2. The Kier molecular flexibility index (Phi) is 8.97. The molecule has 2 amide bonds. The molecule has 32 heavy (non-hydrogen) atoms. The van der Waals surface area contributed by atoms with Crippen LogP contribution in [0.2, 0.25) is 0 Å². The molecule has 3 atom stereocenters. The average Bonchev–Trinajstić information content (AvgIpc) is 2.94. The van der Waals surface area contributed by atoms with Gasteiger partial charge in [0, 0.05) is 38.3 Å². The SMILES string of the molecule is Cc1cc(C)n(C)c(=O)c1C(=O)N[C@H]1C[C@H](C(=O)N2CCCN(C)CC2)C[C@@H]1O.O=CO. The number of carboxylic acid groups (broad SMARTS) is 1. The molecule has 2 heterocycles. The third-order valence-electron chi connectivity index (χ3n) is 6.32. The lowest BCUT2D eigenvalue weighted by Gasteiger charge is -2.24. The fourth-order valence-corrected chi connectivity index (χ4v) is 4.39. The molecule has 1 aliphatic heterocycles. The predicted molar refractivity (Wildman–Crippen MR) is 119 cm³/mol. The number of hydrogen-bond acceptors (Lipinski definition) is 6. The number of pyridine rings is 1. The van der Waals surface area contributed by atoms with Gasteiger partial charge in [-0.15, -0.1) is 0 Å². The topological polar surface area (TPSA) is 132 Å². The first-order chi connectivity index (χ1) is 15.1. The van der Waals surface area contributed by atoms with E-state index in [9.17, 15) is 19.5 Å². The fourth-order valence-electron chi connectivity index (χ4n) is 4.39. The normalized spacial score (nSPS) is 23.7. The largest absolute Gasteiger partial charge is 0.483 e. The summed E-state index contributed by atoms with van der Waals surface area (Å²) >= 11 is 0. The van der Waals surface area contributed by atoms with E-state index in [1.54, 1.807) is 20.0 Å². The Morgan fingerprint density at radius 2 is 1.78 bits per heavy atom. The van der Waals surface area contributed by atoms with Crippen molar-refractivity contribution >= 4 is 18.3 Å². The summed E-state index contributed by atoms with van der Waals surface area (Å²) in [5.74, 6) is -0.740. The maximum absolute atomic E-state index is 12.9. The summed E-state index contributed by atoms with van der Waals surface area (Å²) < 4.78 is 1.44. The van der Waals surface area contributed by atoms with Crippen LogP contribution in [0.4, 0.5) is 0 Å². The molecular formula is C22H34N4O6. The van der Waals surface area contributed by atoms with Gasteiger partial charge in [0.2, 0.25) is 5.91 Å². The Morgan fingerprint density at radius 3 is 2.44 bits per heavy atom. The standard InChI is InChI=1S/C21H32N4O4.CH2O2/c1-13-10-14(2)24(4)21(29)18(13)19(27)22-16-11-15(12-17(16)26)20(28)25-7-5-6-23(3)8-9-25;2-1-3/h10,15-17,26H,5-9,11-12H2,1-4H3,(H,22,27);1H,(H,2,3)/t15-,16-,17-;/m0./s1. The summed E-state index contributed by atoms with van der Waals surface area (Å²) in [6.45, 7) is 6.53. The highest BCUT2D eigenvalue weighted by atomic mass is 16.3. The Balaban J connectivity index is 0.00000114. The molecule has 0 spiro atoms. The van der Waals surface area contributed by atoms with E-state index >= 15 is 0 Å². The third-order valence-corrected chi connectivity index (χ3v) is 6.32. The Labute approximate surface area is 187 Å². The second-order valence-corrected chi connectivity index (χ2v) is 8.61. The van der Waals surface area contributed by atoms with Gasteiger partial charge >= 0.3 is 0 Å². The number of likely N-dealkylation sites (N-methyl/N-ethyl adjacent to an activating group) is 1. The van der Waals surface area contributed by atoms with Gasteiger partial charge in [0.25, 0.3) is 17.9 Å². The van der Waals surface area contributed by atoms with Crippen LogP contribution in [-0.4, -0.2) is 88.2 Å². The first-order valence-electron chi connectivity index (χ1n) is 10.8. The van der Waals surface area contributed by atoms with Crippen molar-refractivity contribution in [1.82, 2.24) is 19.7 Å². The minimum Gasteiger partial charge on any atom is -0.483 e. The summed E-state index contributed by atoms with van der Waals surface area (Å²) in [5, 5.41) is 20.1. The van der Waals surface area contributed by atoms with Gasteiger partial charge in [-0.1, -0.05) is 0 Å². The number of hydrogen-bond donors (Lipinski definition) is 3. The molecule has 1 aromatic rings. The van der Waals surface area contributed by atoms with Crippen molar-refractivity contribution in [2.24, 2.45) is 13.0 Å². The summed E-state index contributed by atoms with van der Waals surface area (Å²) in [7, 11) is 3.68. The second kappa shape index (κ2) is 11.2. The molecule has 1 saturated heterocycles. The number of rotatable bonds is 3. The van der Waals surface area contributed by atoms with E-state index in [1.807, 2.05) is 11.8 Å². The van der Waals surface area contributed by atoms with Crippen molar-refractivity contribution in [3.63, 3.8) is 0 Å². The summed E-state index contributed by atoms with van der Waals surface area (Å²) in [6.07, 6.45) is 0.870. The van der Waals surface area contributed by atoms with E-state index in [0.29, 0.717) is 24.9 Å². The molecule has 178 valence electrons. The number of nitrogens with one attached hydrogen (secondary N) is 1. The molecule has 0 unspecified atom stereocenters. The zero-order valence-electron chi connectivity index (χ0n) is 19.2. The predicted octanol–water partition coefficient (Wildman–Crippen LogP) is -0.264. The van der Waals surface area contributed by atoms with Crippen molar-refractivity contribution in [3.8, 4) is 0 Å². The monoisotopic (exact) mass is 450 g/mol. The lowest BCUT2D eigenvalue weighted by atomic mass is 10.1. The molecule has 10 nitrogen and oxygen atoms in total. The van der Waals surface area contributed by atoms with Crippen molar-refractivity contribution < 1.29 is 24.6 Å². The molecule has 3 N–H and O–H groups in total. The summed E-state index contributed by atoms with van der Waals surface area (Å²) in [4.78, 5) is 50.7. The molecule has 0 bridgehead atoms. The molecule has 0 aromatic carbocycles. The van der Waals surface area contributed by atoms with Gasteiger partial charge in [-0.2, -0.15) is 0 Å². The van der Waals surface area contributed by atoms with Crippen LogP contribution in [-0.2, 0) is 16.6 Å². The number of carbonyl (C=O) groups is 3. The second-order valence-electron chi connectivity index (χ2n) is 8.61. The van der Waals surface area contributed by atoms with Crippen LogP contribution in [0.1, 0.15) is 40.9 Å². The van der Waals surface area contributed by atoms with Gasteiger partial charge in [-0.05, 0) is 58.3 Å². The highest BCUT2D eigenvalue weighted by Crippen LogP contribution is 2.28. The number of carbonyl (C=O) groups excluding carboxylic acids is 2. The molecular weight excluding hydrogens is 416 g/mol. The maximum Gasteiger partial charge on any atom is 0.290 e. The smallest absolute Gasteiger partial charge is 0.290 e. The van der Waals surface area contributed by atoms with Crippen LogP contribution in [0.25, 0.3) is 0 Å². The highest BCUT2D eigenvalue weighted by molar-refractivity contribution is 5.95. The van der Waals surface area contributed by atoms with Gasteiger partial charge in [-0.25, -0.2) is 0 Å². The molecule has 2 aliphatic rings. The fraction of sp³-hybridized carbons (Fsp3) is 0.636. The van der Waals surface area contributed by atoms with Crippen molar-refractivity contribution in [1.29, 1.82) is 0 Å². The van der Waals surface area contributed by atoms with Crippen LogP contribution in [0.5, 0.6) is 0 Å². The Hall–Kier alpha value is -2.72. The van der Waals surface area contributed by atoms with Crippen LogP contribution < -0.4 is 10.9 Å². The zero-order valence-corrected chi connectivity index (χ0v) is 19.2. The molecule has 1 aromatic heterocycles. The van der Waals surface area contributed by atoms with Gasteiger partial charge in [0.05, 0.1) is 12.1 Å². The Bertz CT molecular complexity index is 899. The van der Waals surface area contributed by atoms with Crippen molar-refractivity contribution in [2.45, 2.75) is 45.3 Å². The number of aliphatic hydroxyl groups excluding tert-OH is 1. The van der Waals surface area contributed by atoms with E-state index in [4.69, 9.17) is 9.90 Å². The number of aliphatic hydroxyl groups is 1. The lowest BCUT2D eigenvalue weighted by molar-refractivity contribution is -0.135. The minimum atomic E-state index is -0.794. The molecule has 10 heteroatoms. The van der Waals surface area contributed by atoms with E-state index in [-0.39, 0.29) is 29.4 Å². The maximum atomic E-state index is 12.9. The van der Waals surface area contributed by atoms with Crippen molar-refractivity contribution in [3.05, 3.63) is 33.2 Å². The van der Waals surface area contributed by atoms with Crippen LogP contribution in [0, 0.1) is 19.8 Å². The Morgan fingerprint density at radius 1 is 1.12 bits per heavy atom. The van der Waals surface area contributed by atoms with E-state index in [1.165, 1.54) is 4.57 Å². The van der Waals surface area contributed by atoms with Gasteiger partial charge in [0.15, 0.2) is 0 Å². The summed E-state index contributed by atoms with van der Waals surface area (Å²) in [5.41, 5.74) is 1.13. The molecule has 3 rings (SSSR count). The van der Waals surface area contributed by atoms with Gasteiger partial charge < -0.3 is 29.9 Å². The van der Waals surface area contributed by atoms with E-state index in [2.05, 4.69) is 17.3 Å². The molecule has 0 radical (unpaired) electrons. The quantitative estimate of drug-likeness (QED) is 0.541. The van der Waals surface area contributed by atoms with Gasteiger partial charge in [-0.3, -0.25) is 19.2 Å². The van der Waals surface area contributed by atoms with Crippen molar-refractivity contribution in [2.75, 3.05) is 33.2 Å². The highest BCUT2D eigenvalue weighted by Gasteiger charge is 2.40. The first-order valence-corrected chi connectivity index (χ1v) is 10.8. The molecule has 2 fully saturated rings. The van der Waals surface area contributed by atoms with E-state index < -0.39 is 18.1 Å². The average molecular weight is 451 g/mol. The van der Waals surface area contributed by atoms with E-state index in [0.717, 1.165) is 31.7 Å². The summed E-state index contributed by atoms with van der Waals surface area (Å²) in [6, 6.07) is 1.26. The van der Waals surface area contributed by atoms with Crippen LogP contribution >= 0.6 is 0 Å². The lowest BCUT2D eigenvalue weighted by Crippen LogP contribution is -2.43. The third kappa shape index (κ3) is 5.95.